The minimum atomic E-state index is -1.39. The molecule has 0 radical (unpaired) electrons. The molecule has 0 saturated carbocycles. The Morgan fingerprint density at radius 1 is 1.17 bits per heavy atom. The smallest absolute Gasteiger partial charge is 0.330 e. The second-order valence-corrected chi connectivity index (χ2v) is 4.10. The quantitative estimate of drug-likeness (QED) is 0.653. The minimum absolute atomic E-state index is 0.489. The van der Waals surface area contributed by atoms with Gasteiger partial charge in [-0.15, -0.1) is 0 Å². The third-order valence-electron chi connectivity index (χ3n) is 2.82. The fourth-order valence-electron chi connectivity index (χ4n) is 1.83. The Morgan fingerprint density at radius 2 is 1.83 bits per heavy atom. The van der Waals surface area contributed by atoms with Crippen molar-refractivity contribution in [3.05, 3.63) is 48.0 Å². The number of esters is 1. The molecule has 96 valence electrons. The van der Waals surface area contributed by atoms with Crippen molar-refractivity contribution in [3.8, 4) is 0 Å². The number of aliphatic hydroxyl groups is 3. The van der Waals surface area contributed by atoms with Crippen LogP contribution in [0.15, 0.2) is 42.5 Å². The van der Waals surface area contributed by atoms with Gasteiger partial charge in [-0.3, -0.25) is 0 Å². The Hall–Kier alpha value is -1.69. The average molecular weight is 250 g/mol. The van der Waals surface area contributed by atoms with Crippen LogP contribution in [-0.4, -0.2) is 39.6 Å². The van der Waals surface area contributed by atoms with Crippen molar-refractivity contribution in [1.29, 1.82) is 0 Å². The van der Waals surface area contributed by atoms with Gasteiger partial charge in [0.1, 0.15) is 18.3 Å². The Balaban J connectivity index is 2.14. The van der Waals surface area contributed by atoms with Crippen molar-refractivity contribution in [1.82, 2.24) is 0 Å². The van der Waals surface area contributed by atoms with E-state index < -0.39 is 30.4 Å². The SMILES string of the molecule is O=C1C=C[C@H](O)C([C@H](O)[C@H](O)c2ccccc2)O1. The van der Waals surface area contributed by atoms with E-state index in [2.05, 4.69) is 0 Å². The maximum absolute atomic E-state index is 11.1. The van der Waals surface area contributed by atoms with E-state index >= 15 is 0 Å². The normalized spacial score (nSPS) is 26.5. The first kappa shape index (κ1) is 12.8. The van der Waals surface area contributed by atoms with Crippen LogP contribution in [-0.2, 0) is 9.53 Å². The van der Waals surface area contributed by atoms with Gasteiger partial charge in [-0.05, 0) is 11.6 Å². The van der Waals surface area contributed by atoms with Gasteiger partial charge in [0, 0.05) is 6.08 Å². The molecule has 1 aromatic carbocycles. The van der Waals surface area contributed by atoms with Crippen molar-refractivity contribution >= 4 is 5.97 Å². The Kier molecular flexibility index (Phi) is 3.76. The first-order chi connectivity index (χ1) is 8.59. The van der Waals surface area contributed by atoms with Gasteiger partial charge in [-0.1, -0.05) is 30.3 Å². The van der Waals surface area contributed by atoms with E-state index in [1.807, 2.05) is 0 Å². The number of carbonyl (C=O) groups is 1. The molecular formula is C13H14O5. The monoisotopic (exact) mass is 250 g/mol. The molecule has 3 N–H and O–H groups in total. The van der Waals surface area contributed by atoms with Gasteiger partial charge in [-0.2, -0.15) is 0 Å². The summed E-state index contributed by atoms with van der Waals surface area (Å²) in [4.78, 5) is 11.1. The third-order valence-corrected chi connectivity index (χ3v) is 2.82. The molecule has 0 spiro atoms. The second kappa shape index (κ2) is 5.30. The molecule has 0 aromatic heterocycles. The second-order valence-electron chi connectivity index (χ2n) is 4.10. The van der Waals surface area contributed by atoms with Gasteiger partial charge < -0.3 is 20.1 Å². The number of benzene rings is 1. The summed E-state index contributed by atoms with van der Waals surface area (Å²) in [6, 6.07) is 8.49. The molecule has 1 aliphatic rings. The summed E-state index contributed by atoms with van der Waals surface area (Å²) in [5, 5.41) is 29.5. The first-order valence-electron chi connectivity index (χ1n) is 5.57. The van der Waals surface area contributed by atoms with E-state index in [0.717, 1.165) is 6.08 Å². The molecule has 1 aliphatic heterocycles. The molecule has 5 heteroatoms. The van der Waals surface area contributed by atoms with Gasteiger partial charge in [0.25, 0.3) is 0 Å². The van der Waals surface area contributed by atoms with Crippen LogP contribution in [0.1, 0.15) is 11.7 Å². The topological polar surface area (TPSA) is 87.0 Å². The van der Waals surface area contributed by atoms with E-state index in [1.54, 1.807) is 30.3 Å². The van der Waals surface area contributed by atoms with Crippen LogP contribution in [0.4, 0.5) is 0 Å². The summed E-state index contributed by atoms with van der Waals surface area (Å²) in [5.41, 5.74) is 0.489. The van der Waals surface area contributed by atoms with Crippen LogP contribution < -0.4 is 0 Å². The minimum Gasteiger partial charge on any atom is -0.453 e. The molecule has 1 heterocycles. The molecule has 0 amide bonds. The van der Waals surface area contributed by atoms with E-state index in [1.165, 1.54) is 6.08 Å². The summed E-state index contributed by atoms with van der Waals surface area (Å²) in [6.07, 6.45) is -2.60. The Labute approximate surface area is 104 Å². The zero-order chi connectivity index (χ0) is 13.1. The van der Waals surface area contributed by atoms with Crippen molar-refractivity contribution in [2.45, 2.75) is 24.4 Å². The Bertz CT molecular complexity index is 442. The zero-order valence-corrected chi connectivity index (χ0v) is 9.51. The van der Waals surface area contributed by atoms with E-state index in [9.17, 15) is 20.1 Å². The van der Waals surface area contributed by atoms with E-state index in [-0.39, 0.29) is 0 Å². The largest absolute Gasteiger partial charge is 0.453 e. The molecular weight excluding hydrogens is 236 g/mol. The van der Waals surface area contributed by atoms with Gasteiger partial charge >= 0.3 is 5.97 Å². The summed E-state index contributed by atoms with van der Waals surface area (Å²) in [6.45, 7) is 0. The molecule has 2 rings (SSSR count). The van der Waals surface area contributed by atoms with Gasteiger partial charge in [0.15, 0.2) is 6.10 Å². The number of hydrogen-bond acceptors (Lipinski definition) is 5. The van der Waals surface area contributed by atoms with Gasteiger partial charge in [-0.25, -0.2) is 4.79 Å². The highest BCUT2D eigenvalue weighted by molar-refractivity contribution is 5.83. The van der Waals surface area contributed by atoms with Crippen molar-refractivity contribution in [2.75, 3.05) is 0 Å². The third kappa shape index (κ3) is 2.59. The van der Waals surface area contributed by atoms with Crippen LogP contribution in [0, 0.1) is 0 Å². The lowest BCUT2D eigenvalue weighted by Crippen LogP contribution is -2.45. The highest BCUT2D eigenvalue weighted by Gasteiger charge is 2.36. The lowest BCUT2D eigenvalue weighted by molar-refractivity contribution is -0.166. The standard InChI is InChI=1S/C13H14O5/c14-9-6-7-10(15)18-13(9)12(17)11(16)8-4-2-1-3-5-8/h1-7,9,11-14,16-17H/t9-,11+,12+,13?/m0/s1. The maximum Gasteiger partial charge on any atom is 0.330 e. The molecule has 0 fully saturated rings. The van der Waals surface area contributed by atoms with Crippen LogP contribution in [0.2, 0.25) is 0 Å². The molecule has 0 aliphatic carbocycles. The highest BCUT2D eigenvalue weighted by Crippen LogP contribution is 2.23. The summed E-state index contributed by atoms with van der Waals surface area (Å²) in [5.74, 6) is -0.649. The predicted octanol–water partition coefficient (Wildman–Crippen LogP) is -0.0766. The lowest BCUT2D eigenvalue weighted by Gasteiger charge is -2.30. The fraction of sp³-hybridized carbons (Fsp3) is 0.308. The maximum atomic E-state index is 11.1. The molecule has 5 nitrogen and oxygen atoms in total. The molecule has 4 atom stereocenters. The number of aliphatic hydroxyl groups excluding tert-OH is 3. The first-order valence-corrected chi connectivity index (χ1v) is 5.57. The summed E-state index contributed by atoms with van der Waals surface area (Å²) < 4.78 is 4.82. The van der Waals surface area contributed by atoms with E-state index in [0.29, 0.717) is 5.56 Å². The number of cyclic esters (lactones) is 1. The highest BCUT2D eigenvalue weighted by atomic mass is 16.6. The molecule has 18 heavy (non-hydrogen) atoms. The van der Waals surface area contributed by atoms with E-state index in [4.69, 9.17) is 4.74 Å². The lowest BCUT2D eigenvalue weighted by atomic mass is 9.96. The van der Waals surface area contributed by atoms with Crippen molar-refractivity contribution in [2.24, 2.45) is 0 Å². The van der Waals surface area contributed by atoms with Crippen LogP contribution in [0.3, 0.4) is 0 Å². The average Bonchev–Trinajstić information content (AvgIpc) is 2.41. The van der Waals surface area contributed by atoms with Crippen molar-refractivity contribution < 1.29 is 24.9 Å². The fourth-order valence-corrected chi connectivity index (χ4v) is 1.83. The van der Waals surface area contributed by atoms with Crippen molar-refractivity contribution in [3.63, 3.8) is 0 Å². The number of hydrogen-bond donors (Lipinski definition) is 3. The number of ether oxygens (including phenoxy) is 1. The van der Waals surface area contributed by atoms with Crippen LogP contribution in [0.25, 0.3) is 0 Å². The molecule has 1 unspecified atom stereocenters. The number of rotatable bonds is 3. The summed E-state index contributed by atoms with van der Waals surface area (Å²) in [7, 11) is 0. The zero-order valence-electron chi connectivity index (χ0n) is 9.51. The molecule has 0 bridgehead atoms. The molecule has 0 saturated heterocycles. The summed E-state index contributed by atoms with van der Waals surface area (Å²) >= 11 is 0. The predicted molar refractivity (Wildman–Crippen MR) is 62.4 cm³/mol. The Morgan fingerprint density at radius 3 is 2.50 bits per heavy atom. The van der Waals surface area contributed by atoms with Crippen LogP contribution in [0.5, 0.6) is 0 Å². The van der Waals surface area contributed by atoms with Crippen LogP contribution >= 0.6 is 0 Å². The number of carbonyl (C=O) groups excluding carboxylic acids is 1. The van der Waals surface area contributed by atoms with Gasteiger partial charge in [0.2, 0.25) is 0 Å². The van der Waals surface area contributed by atoms with Gasteiger partial charge in [0.05, 0.1) is 0 Å². The molecule has 1 aromatic rings.